The van der Waals surface area contributed by atoms with Crippen molar-refractivity contribution in [3.63, 3.8) is 0 Å². The number of amides is 1. The molecule has 0 aliphatic heterocycles. The topological polar surface area (TPSA) is 49.3 Å². The van der Waals surface area contributed by atoms with Gasteiger partial charge in [-0.1, -0.05) is 12.1 Å². The van der Waals surface area contributed by atoms with Crippen LogP contribution in [0.1, 0.15) is 30.6 Å². The molecule has 1 aromatic carbocycles. The highest BCUT2D eigenvalue weighted by Crippen LogP contribution is 2.20. The monoisotopic (exact) mass is 253 g/mol. The van der Waals surface area contributed by atoms with Gasteiger partial charge in [0.15, 0.2) is 0 Å². The first-order valence-electron chi connectivity index (χ1n) is 5.56. The predicted molar refractivity (Wildman–Crippen MR) is 71.5 cm³/mol. The van der Waals surface area contributed by atoms with Crippen molar-refractivity contribution in [2.75, 3.05) is 12.9 Å². The number of hydrogen-bond acceptors (Lipinski definition) is 3. The fourth-order valence-electron chi connectivity index (χ4n) is 1.55. The number of aliphatic hydroxyl groups excluding tert-OH is 1. The van der Waals surface area contributed by atoms with Gasteiger partial charge in [0.1, 0.15) is 0 Å². The molecule has 0 fully saturated rings. The van der Waals surface area contributed by atoms with E-state index in [0.717, 1.165) is 4.90 Å². The third kappa shape index (κ3) is 4.06. The van der Waals surface area contributed by atoms with Gasteiger partial charge in [-0.3, -0.25) is 4.79 Å². The van der Waals surface area contributed by atoms with Crippen LogP contribution in [-0.2, 0) is 0 Å². The molecule has 94 valence electrons. The van der Waals surface area contributed by atoms with Crippen LogP contribution in [-0.4, -0.2) is 29.4 Å². The number of thioether (sulfide) groups is 1. The molecule has 0 saturated heterocycles. The quantitative estimate of drug-likeness (QED) is 0.792. The first kappa shape index (κ1) is 14.1. The lowest BCUT2D eigenvalue weighted by Crippen LogP contribution is -2.44. The summed E-state index contributed by atoms with van der Waals surface area (Å²) in [5.41, 5.74) is 0.295. The zero-order valence-corrected chi connectivity index (χ0v) is 11.3. The predicted octanol–water partition coefficient (Wildman–Crippen LogP) is 2.30. The van der Waals surface area contributed by atoms with Crippen molar-refractivity contribution in [2.24, 2.45) is 0 Å². The van der Waals surface area contributed by atoms with Gasteiger partial charge >= 0.3 is 0 Å². The summed E-state index contributed by atoms with van der Waals surface area (Å²) in [4.78, 5) is 13.1. The molecular weight excluding hydrogens is 234 g/mol. The minimum absolute atomic E-state index is 0.0669. The fraction of sp³-hybridized carbons (Fsp3) is 0.462. The molecule has 0 aromatic heterocycles. The molecule has 1 amide bonds. The molecule has 2 N–H and O–H groups in total. The van der Waals surface area contributed by atoms with Crippen LogP contribution in [0.2, 0.25) is 0 Å². The second-order valence-corrected chi connectivity index (χ2v) is 5.36. The molecule has 0 radical (unpaired) electrons. The van der Waals surface area contributed by atoms with Crippen molar-refractivity contribution in [2.45, 2.75) is 30.7 Å². The zero-order chi connectivity index (χ0) is 12.9. The third-order valence-corrected chi connectivity index (χ3v) is 3.34. The SMILES string of the molecule is CSc1ccccc1C(=O)NC(C)(C)CCO. The van der Waals surface area contributed by atoms with Gasteiger partial charge in [-0.05, 0) is 38.7 Å². The molecule has 0 aliphatic rings. The van der Waals surface area contributed by atoms with E-state index >= 15 is 0 Å². The molecule has 3 nitrogen and oxygen atoms in total. The van der Waals surface area contributed by atoms with Crippen molar-refractivity contribution < 1.29 is 9.90 Å². The van der Waals surface area contributed by atoms with Crippen LogP contribution < -0.4 is 5.32 Å². The summed E-state index contributed by atoms with van der Waals surface area (Å²) in [6.07, 6.45) is 2.49. The van der Waals surface area contributed by atoms with E-state index in [9.17, 15) is 4.79 Å². The average molecular weight is 253 g/mol. The Bertz CT molecular complexity index is 391. The molecule has 17 heavy (non-hydrogen) atoms. The van der Waals surface area contributed by atoms with Gasteiger partial charge < -0.3 is 10.4 Å². The van der Waals surface area contributed by atoms with Crippen molar-refractivity contribution in [1.82, 2.24) is 5.32 Å². The van der Waals surface area contributed by atoms with Crippen molar-refractivity contribution >= 4 is 17.7 Å². The Labute approximate surface area is 107 Å². The maximum absolute atomic E-state index is 12.1. The summed E-state index contributed by atoms with van der Waals surface area (Å²) in [6.45, 7) is 3.88. The summed E-state index contributed by atoms with van der Waals surface area (Å²) < 4.78 is 0. The minimum Gasteiger partial charge on any atom is -0.396 e. The summed E-state index contributed by atoms with van der Waals surface area (Å²) in [7, 11) is 0. The van der Waals surface area contributed by atoms with Gasteiger partial charge in [-0.15, -0.1) is 11.8 Å². The Kier molecular flexibility index (Phi) is 5.02. The number of carbonyl (C=O) groups is 1. The van der Waals surface area contributed by atoms with Gasteiger partial charge in [0.05, 0.1) is 5.56 Å². The Hall–Kier alpha value is -1.00. The van der Waals surface area contributed by atoms with Crippen molar-refractivity contribution in [1.29, 1.82) is 0 Å². The van der Waals surface area contributed by atoms with Crippen molar-refractivity contribution in [3.8, 4) is 0 Å². The highest BCUT2D eigenvalue weighted by molar-refractivity contribution is 7.98. The molecule has 0 atom stereocenters. The van der Waals surface area contributed by atoms with Crippen LogP contribution in [0.3, 0.4) is 0 Å². The molecule has 4 heteroatoms. The van der Waals surface area contributed by atoms with E-state index in [4.69, 9.17) is 5.11 Å². The molecule has 0 aliphatic carbocycles. The number of benzene rings is 1. The van der Waals surface area contributed by atoms with Gasteiger partial charge in [0.25, 0.3) is 5.91 Å². The Morgan fingerprint density at radius 3 is 2.65 bits per heavy atom. The Morgan fingerprint density at radius 1 is 1.41 bits per heavy atom. The molecule has 0 bridgehead atoms. The smallest absolute Gasteiger partial charge is 0.252 e. The van der Waals surface area contributed by atoms with E-state index in [0.29, 0.717) is 12.0 Å². The molecule has 1 rings (SSSR count). The summed E-state index contributed by atoms with van der Waals surface area (Å²) >= 11 is 1.55. The molecule has 0 saturated carbocycles. The van der Waals surface area contributed by atoms with Crippen LogP contribution in [0.25, 0.3) is 0 Å². The second-order valence-electron chi connectivity index (χ2n) is 4.51. The summed E-state index contributed by atoms with van der Waals surface area (Å²) in [5, 5.41) is 11.9. The lowest BCUT2D eigenvalue weighted by Gasteiger charge is -2.25. The number of aliphatic hydroxyl groups is 1. The Balaban J connectivity index is 2.83. The Morgan fingerprint density at radius 2 is 2.06 bits per heavy atom. The minimum atomic E-state index is -0.392. The van der Waals surface area contributed by atoms with E-state index in [1.165, 1.54) is 0 Å². The van der Waals surface area contributed by atoms with Gasteiger partial charge in [0.2, 0.25) is 0 Å². The van der Waals surface area contributed by atoms with Gasteiger partial charge in [-0.2, -0.15) is 0 Å². The average Bonchev–Trinajstić information content (AvgIpc) is 2.28. The fourth-order valence-corrected chi connectivity index (χ4v) is 2.14. The number of hydrogen-bond donors (Lipinski definition) is 2. The molecular formula is C13H19NO2S. The normalized spacial score (nSPS) is 11.3. The van der Waals surface area contributed by atoms with Crippen molar-refractivity contribution in [3.05, 3.63) is 29.8 Å². The lowest BCUT2D eigenvalue weighted by atomic mass is 10.0. The maximum atomic E-state index is 12.1. The molecule has 0 spiro atoms. The van der Waals surface area contributed by atoms with E-state index in [2.05, 4.69) is 5.32 Å². The molecule has 0 unspecified atom stereocenters. The number of carbonyl (C=O) groups excluding carboxylic acids is 1. The van der Waals surface area contributed by atoms with Crippen LogP contribution in [0.15, 0.2) is 29.2 Å². The van der Waals surface area contributed by atoms with Gasteiger partial charge in [0, 0.05) is 17.0 Å². The van der Waals surface area contributed by atoms with Crippen LogP contribution >= 0.6 is 11.8 Å². The second kappa shape index (κ2) is 6.07. The van der Waals surface area contributed by atoms with Crippen LogP contribution in [0, 0.1) is 0 Å². The molecule has 0 heterocycles. The third-order valence-electron chi connectivity index (χ3n) is 2.54. The van der Waals surface area contributed by atoms with E-state index < -0.39 is 5.54 Å². The first-order chi connectivity index (χ1) is 8.00. The lowest BCUT2D eigenvalue weighted by molar-refractivity contribution is 0.0896. The number of nitrogens with one attached hydrogen (secondary N) is 1. The number of rotatable bonds is 5. The zero-order valence-electron chi connectivity index (χ0n) is 10.5. The van der Waals surface area contributed by atoms with Crippen LogP contribution in [0.4, 0.5) is 0 Å². The first-order valence-corrected chi connectivity index (χ1v) is 6.79. The highest BCUT2D eigenvalue weighted by atomic mass is 32.2. The summed E-state index contributed by atoms with van der Waals surface area (Å²) in [6, 6.07) is 7.52. The maximum Gasteiger partial charge on any atom is 0.252 e. The van der Waals surface area contributed by atoms with Crippen LogP contribution in [0.5, 0.6) is 0 Å². The van der Waals surface area contributed by atoms with E-state index in [1.807, 2.05) is 44.4 Å². The standard InChI is InChI=1S/C13H19NO2S/c1-13(2,8-9-15)14-12(16)10-6-4-5-7-11(10)17-3/h4-7,15H,8-9H2,1-3H3,(H,14,16). The summed E-state index contributed by atoms with van der Waals surface area (Å²) in [5.74, 6) is -0.0894. The highest BCUT2D eigenvalue weighted by Gasteiger charge is 2.21. The van der Waals surface area contributed by atoms with Gasteiger partial charge in [-0.25, -0.2) is 0 Å². The largest absolute Gasteiger partial charge is 0.396 e. The van der Waals surface area contributed by atoms with E-state index in [-0.39, 0.29) is 12.5 Å². The van der Waals surface area contributed by atoms with E-state index in [1.54, 1.807) is 11.8 Å². The molecule has 1 aromatic rings.